The highest BCUT2D eigenvalue weighted by molar-refractivity contribution is 5.89. The summed E-state index contributed by atoms with van der Waals surface area (Å²) in [5.41, 5.74) is 0.00145. The normalized spacial score (nSPS) is 13.2. The number of rotatable bonds is 7. The summed E-state index contributed by atoms with van der Waals surface area (Å²) in [4.78, 5) is 11.9. The average molecular weight is 278 g/mol. The van der Waals surface area contributed by atoms with Crippen molar-refractivity contribution >= 4 is 11.7 Å². The number of amides is 2. The van der Waals surface area contributed by atoms with Gasteiger partial charge in [0.15, 0.2) is 0 Å². The van der Waals surface area contributed by atoms with Crippen LogP contribution in [0.5, 0.6) is 5.75 Å². The Hall–Kier alpha value is -2.01. The van der Waals surface area contributed by atoms with Crippen LogP contribution in [0.4, 0.5) is 10.5 Å². The number of carbonyl (C=O) groups excluding carboxylic acids is 1. The first-order valence-corrected chi connectivity index (χ1v) is 6.57. The van der Waals surface area contributed by atoms with Crippen LogP contribution in [-0.2, 0) is 0 Å². The molecule has 0 spiro atoms. The van der Waals surface area contributed by atoms with E-state index in [0.29, 0.717) is 24.5 Å². The summed E-state index contributed by atoms with van der Waals surface area (Å²) in [6, 6.07) is 6.73. The third kappa shape index (κ3) is 4.93. The van der Waals surface area contributed by atoms with Crippen LogP contribution in [0, 0.1) is 0 Å². The molecule has 1 rings (SSSR count). The first-order valence-electron chi connectivity index (χ1n) is 6.57. The number of carbonyl (C=O) groups is 1. The molecule has 1 aromatic carbocycles. The predicted octanol–water partition coefficient (Wildman–Crippen LogP) is 2.53. The molecular formula is C15H22N2O3. The second-order valence-electron chi connectivity index (χ2n) is 4.78. The Morgan fingerprint density at radius 2 is 2.30 bits per heavy atom. The van der Waals surface area contributed by atoms with Crippen molar-refractivity contribution in [2.45, 2.75) is 25.8 Å². The van der Waals surface area contributed by atoms with Gasteiger partial charge in [0.2, 0.25) is 0 Å². The molecule has 5 heteroatoms. The number of anilines is 1. The van der Waals surface area contributed by atoms with Crippen LogP contribution in [0.15, 0.2) is 36.9 Å². The lowest BCUT2D eigenvalue weighted by Gasteiger charge is -2.27. The zero-order valence-corrected chi connectivity index (χ0v) is 12.0. The van der Waals surface area contributed by atoms with Gasteiger partial charge in [-0.1, -0.05) is 25.6 Å². The maximum Gasteiger partial charge on any atom is 0.319 e. The molecule has 0 heterocycles. The van der Waals surface area contributed by atoms with Crippen LogP contribution in [0.1, 0.15) is 20.3 Å². The van der Waals surface area contributed by atoms with Crippen molar-refractivity contribution in [3.8, 4) is 5.75 Å². The largest absolute Gasteiger partial charge is 0.489 e. The van der Waals surface area contributed by atoms with E-state index in [9.17, 15) is 9.90 Å². The molecule has 20 heavy (non-hydrogen) atoms. The number of hydrogen-bond acceptors (Lipinski definition) is 3. The Labute approximate surface area is 119 Å². The van der Waals surface area contributed by atoms with Gasteiger partial charge in [-0.05, 0) is 25.5 Å². The van der Waals surface area contributed by atoms with E-state index >= 15 is 0 Å². The van der Waals surface area contributed by atoms with Gasteiger partial charge in [-0.25, -0.2) is 4.79 Å². The van der Waals surface area contributed by atoms with Gasteiger partial charge in [-0.3, -0.25) is 0 Å². The van der Waals surface area contributed by atoms with Crippen molar-refractivity contribution in [1.82, 2.24) is 5.32 Å². The lowest BCUT2D eigenvalue weighted by Crippen LogP contribution is -2.50. The van der Waals surface area contributed by atoms with Crippen molar-refractivity contribution in [3.63, 3.8) is 0 Å². The SMILES string of the molecule is C=CCOc1cccc(NC(=O)NC(C)(CC)CO)c1. The molecule has 0 aliphatic rings. The minimum Gasteiger partial charge on any atom is -0.489 e. The first-order chi connectivity index (χ1) is 9.53. The number of benzene rings is 1. The van der Waals surface area contributed by atoms with Gasteiger partial charge in [0.25, 0.3) is 0 Å². The van der Waals surface area contributed by atoms with Crippen LogP contribution < -0.4 is 15.4 Å². The van der Waals surface area contributed by atoms with Crippen molar-refractivity contribution in [2.24, 2.45) is 0 Å². The summed E-state index contributed by atoms with van der Waals surface area (Å²) in [5.74, 6) is 0.656. The third-order valence-corrected chi connectivity index (χ3v) is 3.00. The average Bonchev–Trinajstić information content (AvgIpc) is 2.45. The van der Waals surface area contributed by atoms with E-state index in [-0.39, 0.29) is 12.6 Å². The summed E-state index contributed by atoms with van der Waals surface area (Å²) in [6.07, 6.45) is 2.29. The molecule has 1 aromatic rings. The van der Waals surface area contributed by atoms with E-state index in [4.69, 9.17) is 4.74 Å². The number of aliphatic hydroxyl groups is 1. The Kier molecular flexibility index (Phi) is 6.06. The molecule has 1 unspecified atom stereocenters. The maximum atomic E-state index is 11.9. The van der Waals surface area contributed by atoms with Crippen LogP contribution >= 0.6 is 0 Å². The summed E-state index contributed by atoms with van der Waals surface area (Å²) in [6.45, 7) is 7.57. The molecule has 5 nitrogen and oxygen atoms in total. The molecule has 2 amide bonds. The second kappa shape index (κ2) is 7.55. The highest BCUT2D eigenvalue weighted by atomic mass is 16.5. The van der Waals surface area contributed by atoms with E-state index in [1.807, 2.05) is 6.92 Å². The Balaban J connectivity index is 2.63. The van der Waals surface area contributed by atoms with E-state index < -0.39 is 5.54 Å². The van der Waals surface area contributed by atoms with Gasteiger partial charge < -0.3 is 20.5 Å². The van der Waals surface area contributed by atoms with Gasteiger partial charge in [0.1, 0.15) is 12.4 Å². The van der Waals surface area contributed by atoms with Crippen LogP contribution in [-0.4, -0.2) is 29.9 Å². The van der Waals surface area contributed by atoms with Gasteiger partial charge in [0.05, 0.1) is 12.1 Å². The molecule has 0 aromatic heterocycles. The fourth-order valence-electron chi connectivity index (χ4n) is 1.49. The number of hydrogen-bond donors (Lipinski definition) is 3. The summed E-state index contributed by atoms with van der Waals surface area (Å²) < 4.78 is 5.39. The second-order valence-corrected chi connectivity index (χ2v) is 4.78. The molecule has 0 fully saturated rings. The molecule has 0 bridgehead atoms. The number of nitrogens with one attached hydrogen (secondary N) is 2. The fourth-order valence-corrected chi connectivity index (χ4v) is 1.49. The Bertz CT molecular complexity index is 456. The topological polar surface area (TPSA) is 70.6 Å². The van der Waals surface area contributed by atoms with Gasteiger partial charge in [-0.15, -0.1) is 0 Å². The monoisotopic (exact) mass is 278 g/mol. The van der Waals surface area contributed by atoms with E-state index in [2.05, 4.69) is 17.2 Å². The van der Waals surface area contributed by atoms with Gasteiger partial charge >= 0.3 is 6.03 Å². The smallest absolute Gasteiger partial charge is 0.319 e. The zero-order valence-electron chi connectivity index (χ0n) is 12.0. The third-order valence-electron chi connectivity index (χ3n) is 3.00. The molecule has 0 aliphatic carbocycles. The Morgan fingerprint density at radius 1 is 1.55 bits per heavy atom. The number of ether oxygens (including phenoxy) is 1. The van der Waals surface area contributed by atoms with Crippen LogP contribution in [0.3, 0.4) is 0 Å². The molecule has 3 N–H and O–H groups in total. The molecule has 110 valence electrons. The van der Waals surface area contributed by atoms with Crippen molar-refractivity contribution < 1.29 is 14.6 Å². The van der Waals surface area contributed by atoms with Gasteiger partial charge in [-0.2, -0.15) is 0 Å². The first kappa shape index (κ1) is 16.0. The van der Waals surface area contributed by atoms with Crippen molar-refractivity contribution in [1.29, 1.82) is 0 Å². The molecule has 0 aliphatic heterocycles. The highest BCUT2D eigenvalue weighted by Crippen LogP contribution is 2.17. The molecular weight excluding hydrogens is 256 g/mol. The standard InChI is InChI=1S/C15H22N2O3/c1-4-9-20-13-8-6-7-12(10-13)16-14(19)17-15(3,5-2)11-18/h4,6-8,10,18H,1,5,9,11H2,2-3H3,(H2,16,17,19). The van der Waals surface area contributed by atoms with E-state index in [1.165, 1.54) is 0 Å². The molecule has 1 atom stereocenters. The minimum atomic E-state index is -0.624. The number of aliphatic hydroxyl groups excluding tert-OH is 1. The zero-order chi connectivity index (χ0) is 15.0. The van der Waals surface area contributed by atoms with Crippen LogP contribution in [0.2, 0.25) is 0 Å². The lowest BCUT2D eigenvalue weighted by atomic mass is 10.0. The summed E-state index contributed by atoms with van der Waals surface area (Å²) >= 11 is 0. The lowest BCUT2D eigenvalue weighted by molar-refractivity contribution is 0.172. The fraction of sp³-hybridized carbons (Fsp3) is 0.400. The molecule has 0 radical (unpaired) electrons. The van der Waals surface area contributed by atoms with E-state index in [0.717, 1.165) is 0 Å². The number of urea groups is 1. The van der Waals surface area contributed by atoms with E-state index in [1.54, 1.807) is 37.3 Å². The van der Waals surface area contributed by atoms with Crippen molar-refractivity contribution in [2.75, 3.05) is 18.5 Å². The van der Waals surface area contributed by atoms with Gasteiger partial charge in [0, 0.05) is 11.8 Å². The van der Waals surface area contributed by atoms with Crippen molar-refractivity contribution in [3.05, 3.63) is 36.9 Å². The maximum absolute atomic E-state index is 11.9. The highest BCUT2D eigenvalue weighted by Gasteiger charge is 2.23. The quantitative estimate of drug-likeness (QED) is 0.671. The van der Waals surface area contributed by atoms with Crippen LogP contribution in [0.25, 0.3) is 0 Å². The summed E-state index contributed by atoms with van der Waals surface area (Å²) in [5, 5.41) is 14.7. The minimum absolute atomic E-state index is 0.112. The molecule has 0 saturated heterocycles. The Morgan fingerprint density at radius 3 is 2.90 bits per heavy atom. The summed E-state index contributed by atoms with van der Waals surface area (Å²) in [7, 11) is 0. The predicted molar refractivity (Wildman–Crippen MR) is 80.1 cm³/mol. The molecule has 0 saturated carbocycles.